The quantitative estimate of drug-likeness (QED) is 0.0395. The fourth-order valence-corrected chi connectivity index (χ4v) is 6.28. The average Bonchev–Trinajstić information content (AvgIpc) is 3.20. The van der Waals surface area contributed by atoms with Crippen LogP contribution in [0.4, 0.5) is 0 Å². The van der Waals surface area contributed by atoms with Crippen molar-refractivity contribution in [2.75, 3.05) is 13.2 Å². The number of esters is 1. The Balaban J connectivity index is 1.44. The summed E-state index contributed by atoms with van der Waals surface area (Å²) in [5.41, 5.74) is 4.01. The van der Waals surface area contributed by atoms with Gasteiger partial charge in [-0.1, -0.05) is 115 Å². The second-order valence-corrected chi connectivity index (χ2v) is 13.6. The summed E-state index contributed by atoms with van der Waals surface area (Å²) in [7, 11) is 0. The topological polar surface area (TPSA) is 114 Å². The Morgan fingerprint density at radius 3 is 1.83 bits per heavy atom. The van der Waals surface area contributed by atoms with E-state index in [4.69, 9.17) is 9.47 Å². The molecular formula is C46H54N2O6. The van der Waals surface area contributed by atoms with E-state index in [1.54, 1.807) is 6.08 Å². The molecule has 0 aliphatic rings. The van der Waals surface area contributed by atoms with Crippen molar-refractivity contribution in [2.24, 2.45) is 11.8 Å². The van der Waals surface area contributed by atoms with E-state index in [2.05, 4.69) is 23.8 Å². The zero-order valence-electron chi connectivity index (χ0n) is 31.1. The molecule has 4 aromatic carbocycles. The number of ether oxygens (including phenoxy) is 2. The lowest BCUT2D eigenvalue weighted by Crippen LogP contribution is -2.45. The van der Waals surface area contributed by atoms with Crippen LogP contribution in [0.3, 0.4) is 0 Å². The second-order valence-electron chi connectivity index (χ2n) is 13.6. The highest BCUT2D eigenvalue weighted by Crippen LogP contribution is 2.20. The highest BCUT2D eigenvalue weighted by Gasteiger charge is 2.27. The molecule has 0 spiro atoms. The molecule has 2 amide bonds. The van der Waals surface area contributed by atoms with Crippen LogP contribution in [0.25, 0.3) is 0 Å². The molecule has 0 saturated carbocycles. The first-order chi connectivity index (χ1) is 26.4. The molecule has 0 aliphatic carbocycles. The number of hydrogen-bond donors (Lipinski definition) is 3. The smallest absolute Gasteiger partial charge is 0.309 e. The number of allylic oxidation sites excluding steroid dienone is 2. The summed E-state index contributed by atoms with van der Waals surface area (Å²) in [4.78, 5) is 40.6. The molecule has 0 saturated heterocycles. The Hall–Kier alpha value is -5.47. The van der Waals surface area contributed by atoms with Crippen molar-refractivity contribution < 1.29 is 29.0 Å². The average molecular weight is 731 g/mol. The van der Waals surface area contributed by atoms with Crippen LogP contribution < -0.4 is 15.4 Å². The molecule has 3 N–H and O–H groups in total. The second kappa shape index (κ2) is 23.2. The van der Waals surface area contributed by atoms with Gasteiger partial charge in [0.1, 0.15) is 19.0 Å². The zero-order valence-corrected chi connectivity index (χ0v) is 31.1. The lowest BCUT2D eigenvalue weighted by atomic mass is 9.94. The van der Waals surface area contributed by atoms with Crippen LogP contribution in [0.2, 0.25) is 0 Å². The molecular weight excluding hydrogens is 677 g/mol. The molecule has 0 aliphatic heterocycles. The van der Waals surface area contributed by atoms with Crippen LogP contribution in [0.15, 0.2) is 141 Å². The monoisotopic (exact) mass is 730 g/mol. The van der Waals surface area contributed by atoms with Gasteiger partial charge in [-0.2, -0.15) is 0 Å². The fourth-order valence-electron chi connectivity index (χ4n) is 6.28. The molecule has 4 aromatic rings. The third-order valence-electron chi connectivity index (χ3n) is 9.21. The zero-order chi connectivity index (χ0) is 38.4. The van der Waals surface area contributed by atoms with Gasteiger partial charge >= 0.3 is 5.97 Å². The van der Waals surface area contributed by atoms with Crippen LogP contribution in [0.1, 0.15) is 54.4 Å². The number of hydrogen-bond acceptors (Lipinski definition) is 6. The maximum absolute atomic E-state index is 13.8. The maximum atomic E-state index is 13.8. The lowest BCUT2D eigenvalue weighted by Gasteiger charge is -2.24. The van der Waals surface area contributed by atoms with Gasteiger partial charge in [-0.25, -0.2) is 0 Å². The molecule has 0 aromatic heterocycles. The van der Waals surface area contributed by atoms with Gasteiger partial charge in [-0.15, -0.1) is 13.2 Å². The maximum Gasteiger partial charge on any atom is 0.309 e. The summed E-state index contributed by atoms with van der Waals surface area (Å²) in [5, 5.41) is 15.9. The number of unbranched alkanes of at least 4 members (excludes halogenated alkanes) is 1. The lowest BCUT2D eigenvalue weighted by molar-refractivity contribution is -0.150. The largest absolute Gasteiger partial charge is 0.489 e. The van der Waals surface area contributed by atoms with E-state index in [1.807, 2.05) is 121 Å². The van der Waals surface area contributed by atoms with E-state index < -0.39 is 18.0 Å². The summed E-state index contributed by atoms with van der Waals surface area (Å²) in [6.07, 6.45) is 7.29. The van der Waals surface area contributed by atoms with E-state index in [-0.39, 0.29) is 49.8 Å². The van der Waals surface area contributed by atoms with Gasteiger partial charge in [-0.3, -0.25) is 14.4 Å². The van der Waals surface area contributed by atoms with Crippen LogP contribution >= 0.6 is 0 Å². The third kappa shape index (κ3) is 14.9. The first kappa shape index (κ1) is 41.3. The number of carbonyl (C=O) groups is 3. The SMILES string of the molecule is C=CCCC[C@H](Cc1ccccc1)C(=O)OC[C@H](Cc1ccc(OCc2ccccc2)cc1)NC(=O)[C@H](CC=C)CC(=O)N[C@@H](CO)Cc1ccccc1. The Kier molecular flexibility index (Phi) is 17.8. The van der Waals surface area contributed by atoms with Crippen LogP contribution in [-0.4, -0.2) is 48.2 Å². The normalized spacial score (nSPS) is 13.1. The standard InChI is InChI=1S/C46H54N2O6/c1-3-5-9-23-40(28-35-17-10-6-11-18-35)46(52)54-34-42(30-37-24-26-43(27-25-37)53-33-38-21-14-8-15-22-38)48-45(51)39(16-4-2)31-44(50)47-41(32-49)29-36-19-12-7-13-20-36/h3-4,6-8,10-15,17-22,24-27,39-42,49H,1-2,5,9,16,23,28-34H2,(H,47,50)(H,48,51)/t39-,40-,41-,42+/m1/s1. The molecule has 0 fully saturated rings. The Morgan fingerprint density at radius 2 is 1.24 bits per heavy atom. The predicted octanol–water partition coefficient (Wildman–Crippen LogP) is 7.35. The molecule has 0 radical (unpaired) electrons. The highest BCUT2D eigenvalue weighted by molar-refractivity contribution is 5.86. The van der Waals surface area contributed by atoms with Crippen LogP contribution in [-0.2, 0) is 45.0 Å². The van der Waals surface area contributed by atoms with Crippen molar-refractivity contribution in [3.8, 4) is 5.75 Å². The van der Waals surface area contributed by atoms with Gasteiger partial charge in [0.25, 0.3) is 0 Å². The van der Waals surface area contributed by atoms with Gasteiger partial charge in [0, 0.05) is 6.42 Å². The molecule has 0 bridgehead atoms. The number of aliphatic hydroxyl groups excluding tert-OH is 1. The Morgan fingerprint density at radius 1 is 0.667 bits per heavy atom. The number of rotatable bonds is 24. The molecule has 54 heavy (non-hydrogen) atoms. The van der Waals surface area contributed by atoms with Gasteiger partial charge < -0.3 is 25.2 Å². The molecule has 8 nitrogen and oxygen atoms in total. The van der Waals surface area contributed by atoms with Gasteiger partial charge in [0.05, 0.1) is 30.5 Å². The summed E-state index contributed by atoms with van der Waals surface area (Å²) >= 11 is 0. The van der Waals surface area contributed by atoms with Gasteiger partial charge in [0.2, 0.25) is 11.8 Å². The molecule has 4 atom stereocenters. The van der Waals surface area contributed by atoms with Crippen molar-refractivity contribution in [3.63, 3.8) is 0 Å². The minimum absolute atomic E-state index is 0.0414. The number of aliphatic hydroxyl groups is 1. The Labute approximate surface area is 320 Å². The minimum atomic E-state index is -0.713. The minimum Gasteiger partial charge on any atom is -0.489 e. The van der Waals surface area contributed by atoms with E-state index in [1.165, 1.54) is 0 Å². The molecule has 284 valence electrons. The molecule has 4 rings (SSSR count). The molecule has 0 heterocycles. The molecule has 0 unspecified atom stereocenters. The van der Waals surface area contributed by atoms with Gasteiger partial charge in [0.15, 0.2) is 0 Å². The first-order valence-electron chi connectivity index (χ1n) is 18.8. The van der Waals surface area contributed by atoms with Crippen molar-refractivity contribution in [1.82, 2.24) is 10.6 Å². The summed E-state index contributed by atoms with van der Waals surface area (Å²) in [5.74, 6) is -1.35. The summed E-state index contributed by atoms with van der Waals surface area (Å²) < 4.78 is 11.9. The molecule has 8 heteroatoms. The fraction of sp³-hybridized carbons (Fsp3) is 0.326. The highest BCUT2D eigenvalue weighted by atomic mass is 16.5. The third-order valence-corrected chi connectivity index (χ3v) is 9.21. The van der Waals surface area contributed by atoms with E-state index in [0.29, 0.717) is 38.0 Å². The van der Waals surface area contributed by atoms with Crippen molar-refractivity contribution in [1.29, 1.82) is 0 Å². The predicted molar refractivity (Wildman–Crippen MR) is 214 cm³/mol. The van der Waals surface area contributed by atoms with E-state index in [0.717, 1.165) is 35.1 Å². The van der Waals surface area contributed by atoms with Crippen LogP contribution in [0, 0.1) is 11.8 Å². The van der Waals surface area contributed by atoms with Crippen molar-refractivity contribution >= 4 is 17.8 Å². The van der Waals surface area contributed by atoms with Gasteiger partial charge in [-0.05, 0) is 79.3 Å². The summed E-state index contributed by atoms with van der Waals surface area (Å²) in [6, 6.07) is 36.0. The van der Waals surface area contributed by atoms with E-state index in [9.17, 15) is 19.5 Å². The van der Waals surface area contributed by atoms with Crippen LogP contribution in [0.5, 0.6) is 5.75 Å². The van der Waals surface area contributed by atoms with Crippen molar-refractivity contribution in [2.45, 2.75) is 70.1 Å². The number of amides is 2. The Bertz CT molecular complexity index is 1710. The first-order valence-corrected chi connectivity index (χ1v) is 18.8. The van der Waals surface area contributed by atoms with Crippen molar-refractivity contribution in [3.05, 3.63) is 163 Å². The number of carbonyl (C=O) groups excluding carboxylic acids is 3. The number of nitrogens with one attached hydrogen (secondary N) is 2. The summed E-state index contributed by atoms with van der Waals surface area (Å²) in [6.45, 7) is 7.80. The van der Waals surface area contributed by atoms with E-state index >= 15 is 0 Å². The number of benzene rings is 4.